The molecule has 8 rings (SSSR count). The number of benzene rings is 4. The van der Waals surface area contributed by atoms with Crippen LogP contribution < -0.4 is 0 Å². The van der Waals surface area contributed by atoms with Crippen LogP contribution in [0.1, 0.15) is 162 Å². The highest BCUT2D eigenvalue weighted by atomic mass is 32.2. The molecule has 8 nitrogen and oxygen atoms in total. The zero-order valence-corrected chi connectivity index (χ0v) is 43.3. The van der Waals surface area contributed by atoms with Gasteiger partial charge in [-0.25, -0.2) is 19.6 Å². The van der Waals surface area contributed by atoms with Gasteiger partial charge in [-0.15, -0.1) is 10.2 Å². The Morgan fingerprint density at radius 1 is 0.574 bits per heavy atom. The Balaban J connectivity index is 0.000000201. The van der Waals surface area contributed by atoms with Gasteiger partial charge in [-0.05, 0) is 153 Å². The first-order valence-corrected chi connectivity index (χ1v) is 26.2. The Hall–Kier alpha value is -5.36. The third-order valence-corrected chi connectivity index (χ3v) is 16.6. The summed E-state index contributed by atoms with van der Waals surface area (Å²) in [5, 5.41) is 28.5. The number of aromatic carboxylic acids is 2. The molecule has 4 aromatic carbocycles. The van der Waals surface area contributed by atoms with Crippen molar-refractivity contribution in [3.05, 3.63) is 163 Å². The number of thioether (sulfide) groups is 2. The summed E-state index contributed by atoms with van der Waals surface area (Å²) in [6, 6.07) is 25.5. The average molecular weight is 965 g/mol. The topological polar surface area (TPSA) is 126 Å². The fourth-order valence-electron chi connectivity index (χ4n) is 9.14. The molecule has 2 aromatic heterocycles. The fraction of sp³-hybridized carbons (Fsp3) is 0.368. The molecule has 2 aliphatic rings. The normalized spacial score (nSPS) is 16.4. The molecule has 0 aliphatic heterocycles. The molecular weight excluding hydrogens is 901 g/mol. The first-order chi connectivity index (χ1) is 32.2. The van der Waals surface area contributed by atoms with Crippen LogP contribution in [0.5, 0.6) is 0 Å². The Bertz CT molecular complexity index is 2810. The molecule has 11 heteroatoms. The Morgan fingerprint density at radius 3 is 1.35 bits per heavy atom. The van der Waals surface area contributed by atoms with Crippen LogP contribution >= 0.6 is 34.9 Å². The van der Waals surface area contributed by atoms with Gasteiger partial charge in [-0.2, -0.15) is 0 Å². The standard InChI is InChI=1S/C29H32N2O2S.C28H32N2O2S2/c1-28(2)13-14-29(3,4)25-19-23(12-17-34-27-30-15-5-16-31-27)22(18-24(25)28)11-8-20-6-9-21(10-7-20)26(32)33;1-18-29-30-26(34-18)33-15-12-22-17-24-23(27(2,3)13-14-28(24,4)5)16-21(22)11-8-19-6-9-20(10-7-19)25(31)32/h5-11,15-16,18-19H,12-14,17H2,1-4H3,(H,32,33);6-11,16-17H,12-15H2,1-5H3,(H,31,32)/b2*11-8+. The molecule has 354 valence electrons. The first kappa shape index (κ1) is 50.5. The summed E-state index contributed by atoms with van der Waals surface area (Å²) in [6.07, 6.45) is 18.7. The van der Waals surface area contributed by atoms with E-state index in [4.69, 9.17) is 10.2 Å². The predicted octanol–water partition coefficient (Wildman–Crippen LogP) is 14.4. The lowest BCUT2D eigenvalue weighted by molar-refractivity contribution is 0.0686. The van der Waals surface area contributed by atoms with Gasteiger partial charge >= 0.3 is 11.9 Å². The van der Waals surface area contributed by atoms with E-state index >= 15 is 0 Å². The maximum absolute atomic E-state index is 11.2. The summed E-state index contributed by atoms with van der Waals surface area (Å²) in [4.78, 5) is 31.0. The minimum Gasteiger partial charge on any atom is -0.478 e. The second kappa shape index (κ2) is 21.1. The van der Waals surface area contributed by atoms with Gasteiger partial charge in [0.25, 0.3) is 0 Å². The van der Waals surface area contributed by atoms with E-state index in [1.54, 1.807) is 71.5 Å². The van der Waals surface area contributed by atoms with Crippen molar-refractivity contribution in [2.75, 3.05) is 11.5 Å². The minimum absolute atomic E-state index is 0.141. The summed E-state index contributed by atoms with van der Waals surface area (Å²) < 4.78 is 1.02. The van der Waals surface area contributed by atoms with E-state index in [1.807, 2.05) is 37.3 Å². The first-order valence-electron chi connectivity index (χ1n) is 23.4. The molecule has 2 heterocycles. The highest BCUT2D eigenvalue weighted by Gasteiger charge is 2.39. The molecule has 0 saturated heterocycles. The van der Waals surface area contributed by atoms with Gasteiger partial charge in [-0.3, -0.25) is 0 Å². The van der Waals surface area contributed by atoms with Crippen molar-refractivity contribution in [3.8, 4) is 0 Å². The third-order valence-electron chi connectivity index (χ3n) is 13.7. The molecule has 0 spiro atoms. The predicted molar refractivity (Wildman–Crippen MR) is 284 cm³/mol. The quantitative estimate of drug-likeness (QED) is 0.0619. The molecule has 0 saturated carbocycles. The zero-order valence-electron chi connectivity index (χ0n) is 40.9. The highest BCUT2D eigenvalue weighted by molar-refractivity contribution is 8.01. The van der Waals surface area contributed by atoms with E-state index in [0.717, 1.165) is 50.0 Å². The van der Waals surface area contributed by atoms with Crippen LogP contribution in [0.25, 0.3) is 24.3 Å². The summed E-state index contributed by atoms with van der Waals surface area (Å²) in [6.45, 7) is 20.8. The van der Waals surface area contributed by atoms with Crippen molar-refractivity contribution >= 4 is 71.1 Å². The fourth-order valence-corrected chi connectivity index (χ4v) is 11.8. The van der Waals surface area contributed by atoms with Crippen LogP contribution in [0, 0.1) is 6.92 Å². The van der Waals surface area contributed by atoms with Crippen molar-refractivity contribution < 1.29 is 19.8 Å². The van der Waals surface area contributed by atoms with Gasteiger partial charge in [0.2, 0.25) is 0 Å². The Kier molecular flexibility index (Phi) is 15.7. The number of carbonyl (C=O) groups is 2. The van der Waals surface area contributed by atoms with Crippen LogP contribution in [0.2, 0.25) is 0 Å². The van der Waals surface area contributed by atoms with Crippen molar-refractivity contribution in [1.82, 2.24) is 20.2 Å². The summed E-state index contributed by atoms with van der Waals surface area (Å²) in [7, 11) is 0. The highest BCUT2D eigenvalue weighted by Crippen LogP contribution is 2.48. The number of aromatic nitrogens is 4. The van der Waals surface area contributed by atoms with Crippen molar-refractivity contribution in [2.45, 2.75) is 132 Å². The number of hydrogen-bond acceptors (Lipinski definition) is 9. The van der Waals surface area contributed by atoms with E-state index in [2.05, 4.69) is 124 Å². The van der Waals surface area contributed by atoms with Gasteiger partial charge in [-0.1, -0.05) is 163 Å². The maximum atomic E-state index is 11.2. The number of rotatable bonds is 14. The lowest BCUT2D eigenvalue weighted by Crippen LogP contribution is -2.34. The summed E-state index contributed by atoms with van der Waals surface area (Å²) >= 11 is 5.09. The molecule has 6 aromatic rings. The lowest BCUT2D eigenvalue weighted by Gasteiger charge is -2.42. The minimum atomic E-state index is -0.905. The molecule has 0 amide bonds. The lowest BCUT2D eigenvalue weighted by atomic mass is 9.62. The SMILES string of the molecule is CC1(C)CCC(C)(C)c2cc(CCSc3ncccn3)c(/C=C/c3ccc(C(=O)O)cc3)cc21.Cc1nnc(SCCc2cc3c(cc2/C=C/c2ccc(C(=O)O)cc2)C(C)(C)CCC3(C)C)s1. The Labute approximate surface area is 415 Å². The average Bonchev–Trinajstić information content (AvgIpc) is 3.73. The number of fused-ring (bicyclic) bond motifs is 2. The smallest absolute Gasteiger partial charge is 0.335 e. The van der Waals surface area contributed by atoms with E-state index in [9.17, 15) is 9.59 Å². The molecule has 2 aliphatic carbocycles. The third kappa shape index (κ3) is 12.4. The molecule has 0 fully saturated rings. The number of hydrogen-bond donors (Lipinski definition) is 2. The number of nitrogens with zero attached hydrogens (tertiary/aromatic N) is 4. The van der Waals surface area contributed by atoms with Crippen LogP contribution in [-0.2, 0) is 34.5 Å². The van der Waals surface area contributed by atoms with Crippen molar-refractivity contribution in [2.24, 2.45) is 0 Å². The maximum Gasteiger partial charge on any atom is 0.335 e. The molecule has 0 bridgehead atoms. The number of carboxylic acid groups (broad SMARTS) is 2. The van der Waals surface area contributed by atoms with Gasteiger partial charge < -0.3 is 10.2 Å². The monoisotopic (exact) mass is 964 g/mol. The summed E-state index contributed by atoms with van der Waals surface area (Å²) in [5.74, 6) is 0.0457. The molecule has 2 N–H and O–H groups in total. The van der Waals surface area contributed by atoms with Crippen LogP contribution in [-0.4, -0.2) is 53.8 Å². The molecule has 68 heavy (non-hydrogen) atoms. The van der Waals surface area contributed by atoms with Gasteiger partial charge in [0.15, 0.2) is 9.50 Å². The summed E-state index contributed by atoms with van der Waals surface area (Å²) in [5.41, 5.74) is 14.1. The molecular formula is C57H64N4O4S3. The second-order valence-corrected chi connectivity index (χ2v) is 24.2. The van der Waals surface area contributed by atoms with Gasteiger partial charge in [0.1, 0.15) is 5.01 Å². The second-order valence-electron chi connectivity index (χ2n) is 20.6. The van der Waals surface area contributed by atoms with Crippen molar-refractivity contribution in [1.29, 1.82) is 0 Å². The van der Waals surface area contributed by atoms with Crippen LogP contribution in [0.15, 0.2) is 101 Å². The number of aryl methyl sites for hydroxylation is 3. The van der Waals surface area contributed by atoms with E-state index in [1.165, 1.54) is 70.2 Å². The van der Waals surface area contributed by atoms with E-state index in [-0.39, 0.29) is 21.7 Å². The Morgan fingerprint density at radius 2 is 0.971 bits per heavy atom. The van der Waals surface area contributed by atoms with E-state index < -0.39 is 11.9 Å². The van der Waals surface area contributed by atoms with Crippen molar-refractivity contribution in [3.63, 3.8) is 0 Å². The van der Waals surface area contributed by atoms with E-state index in [0.29, 0.717) is 11.1 Å². The van der Waals surface area contributed by atoms with Crippen LogP contribution in [0.3, 0.4) is 0 Å². The van der Waals surface area contributed by atoms with Crippen LogP contribution in [0.4, 0.5) is 0 Å². The largest absolute Gasteiger partial charge is 0.478 e. The van der Waals surface area contributed by atoms with Gasteiger partial charge in [0, 0.05) is 23.9 Å². The molecule has 0 unspecified atom stereocenters. The number of carboxylic acids is 2. The molecule has 0 radical (unpaired) electrons. The molecule has 0 atom stereocenters. The zero-order chi connectivity index (χ0) is 48.9. The van der Waals surface area contributed by atoms with Gasteiger partial charge in [0.05, 0.1) is 11.1 Å².